The highest BCUT2D eigenvalue weighted by molar-refractivity contribution is 7.14. The number of carbonyl (C=O) groups is 2. The van der Waals surface area contributed by atoms with E-state index in [1.54, 1.807) is 44.4 Å². The van der Waals surface area contributed by atoms with Crippen molar-refractivity contribution >= 4 is 35.0 Å². The third kappa shape index (κ3) is 4.26. The minimum atomic E-state index is -2.85. The Morgan fingerprint density at radius 3 is 2.85 bits per heavy atom. The van der Waals surface area contributed by atoms with Crippen LogP contribution in [-0.2, 0) is 22.5 Å². The molecule has 1 aliphatic heterocycles. The topological polar surface area (TPSA) is 59.1 Å². The number of hydrogen-bond donors (Lipinski definition) is 0. The number of amides is 1. The van der Waals surface area contributed by atoms with Crippen LogP contribution >= 0.6 is 22.9 Å². The Hall–Kier alpha value is -2.09. The molecule has 0 bridgehead atoms. The Labute approximate surface area is 171 Å². The first-order chi connectivity index (χ1) is 14.0. The summed E-state index contributed by atoms with van der Waals surface area (Å²) in [5.41, 5.74) is 1.39. The lowest BCUT2D eigenvalue weighted by Crippen LogP contribution is -2.38. The van der Waals surface area contributed by atoms with Crippen LogP contribution in [0.15, 0.2) is 30.3 Å². The molecule has 0 radical (unpaired) electrons. The van der Waals surface area contributed by atoms with Crippen LogP contribution in [0.3, 0.4) is 0 Å². The maximum atomic E-state index is 12.8. The van der Waals surface area contributed by atoms with Crippen LogP contribution in [0.2, 0.25) is 5.02 Å². The summed E-state index contributed by atoms with van der Waals surface area (Å²) in [6.07, 6.45) is 0.141. The normalized spacial score (nSPS) is 17.1. The molecule has 1 aliphatic rings. The zero-order valence-corrected chi connectivity index (χ0v) is 16.5. The maximum absolute atomic E-state index is 12.8. The summed E-state index contributed by atoms with van der Waals surface area (Å²) < 4.78 is 31.9. The van der Waals surface area contributed by atoms with E-state index in [2.05, 4.69) is 0 Å². The number of nitrogens with zero attached hydrogens (tertiary/aromatic N) is 2. The smallest absolute Gasteiger partial charge is 0.415 e. The Morgan fingerprint density at radius 1 is 1.37 bits per heavy atom. The van der Waals surface area contributed by atoms with E-state index in [-0.39, 0.29) is 0 Å². The molecule has 0 unspecified atom stereocenters. The summed E-state index contributed by atoms with van der Waals surface area (Å²) >= 11 is 7.69. The Kier molecular flexibility index (Phi) is 4.89. The lowest BCUT2D eigenvalue weighted by atomic mass is 10.0. The van der Waals surface area contributed by atoms with Gasteiger partial charge in [0.25, 0.3) is 0 Å². The largest absolute Gasteiger partial charge is 0.468 e. The molecule has 1 aromatic carbocycles. The second-order valence-electron chi connectivity index (χ2n) is 6.34. The van der Waals surface area contributed by atoms with Crippen LogP contribution < -0.4 is 4.74 Å². The molecule has 0 spiro atoms. The van der Waals surface area contributed by atoms with Crippen molar-refractivity contribution < 1.29 is 23.2 Å². The number of ether oxygens (including phenoxy) is 2. The van der Waals surface area contributed by atoms with Gasteiger partial charge in [-0.15, -0.1) is 11.3 Å². The molecule has 0 fully saturated rings. The van der Waals surface area contributed by atoms with Crippen molar-refractivity contribution in [3.05, 3.63) is 51.4 Å². The van der Waals surface area contributed by atoms with Crippen molar-refractivity contribution in [2.75, 3.05) is 27.7 Å². The van der Waals surface area contributed by atoms with Gasteiger partial charge >= 0.3 is 12.1 Å². The number of methoxy groups -OCH3 is 1. The van der Waals surface area contributed by atoms with E-state index in [1.807, 2.05) is 4.90 Å². The van der Waals surface area contributed by atoms with Gasteiger partial charge in [-0.05, 0) is 29.7 Å². The first kappa shape index (κ1) is 15.9. The lowest BCUT2D eigenvalue weighted by molar-refractivity contribution is -0.147. The monoisotopic (exact) mass is 411 g/mol. The second kappa shape index (κ2) is 8.29. The average Bonchev–Trinajstić information content (AvgIpc) is 3.03. The number of halogens is 1. The highest BCUT2D eigenvalue weighted by atomic mass is 35.5. The summed E-state index contributed by atoms with van der Waals surface area (Å²) in [5.74, 6) is -0.888. The van der Waals surface area contributed by atoms with Crippen molar-refractivity contribution in [2.24, 2.45) is 0 Å². The highest BCUT2D eigenvalue weighted by Crippen LogP contribution is 2.37. The molecule has 0 saturated heterocycles. The van der Waals surface area contributed by atoms with Gasteiger partial charge in [0.2, 0.25) is 0 Å². The van der Waals surface area contributed by atoms with Crippen LogP contribution in [-0.4, -0.2) is 49.5 Å². The minimum absolute atomic E-state index is 0.349. The summed E-state index contributed by atoms with van der Waals surface area (Å²) in [6.45, 7) is 0.845. The van der Waals surface area contributed by atoms with Crippen LogP contribution in [0.25, 0.3) is 0 Å². The van der Waals surface area contributed by atoms with E-state index in [9.17, 15) is 9.59 Å². The molecule has 0 N–H and O–H groups in total. The Bertz CT molecular complexity index is 948. The molecule has 1 aromatic heterocycles. The third-order valence-electron chi connectivity index (χ3n) is 4.32. The zero-order chi connectivity index (χ0) is 22.1. The molecule has 8 heteroatoms. The van der Waals surface area contributed by atoms with E-state index in [4.69, 9.17) is 25.2 Å². The zero-order valence-electron chi connectivity index (χ0n) is 17.9. The number of fused-ring (bicyclic) bond motifs is 1. The Morgan fingerprint density at radius 2 is 2.15 bits per heavy atom. The molecule has 3 rings (SSSR count). The Balaban J connectivity index is 1.87. The number of thiophene rings is 1. The summed E-state index contributed by atoms with van der Waals surface area (Å²) in [6, 6.07) is 7.59. The maximum Gasteiger partial charge on any atom is 0.415 e. The number of rotatable bonds is 4. The predicted octanol–water partition coefficient (Wildman–Crippen LogP) is 3.73. The number of hydrogen-bond acceptors (Lipinski definition) is 6. The first-order valence-corrected chi connectivity index (χ1v) is 9.46. The standard InChI is InChI=1S/C19H21ClN2O4S/c1-21(2)19(24)26-16-10-12-11-22(9-8-15(12)27-16)17(18(23)25-3)13-6-4-5-7-14(13)20/h4-7,10,17H,8-9,11H2,1-3H3/t17-/m0/s1/i3D3. The van der Waals surface area contributed by atoms with Crippen LogP contribution in [0, 0.1) is 0 Å². The van der Waals surface area contributed by atoms with Crippen LogP contribution in [0.1, 0.15) is 26.2 Å². The molecule has 6 nitrogen and oxygen atoms in total. The fraction of sp³-hybridized carbons (Fsp3) is 0.368. The molecular formula is C19H21ClN2O4S. The van der Waals surface area contributed by atoms with Gasteiger partial charge in [-0.25, -0.2) is 9.59 Å². The van der Waals surface area contributed by atoms with Crippen molar-refractivity contribution in [1.82, 2.24) is 9.80 Å². The van der Waals surface area contributed by atoms with Crippen molar-refractivity contribution in [2.45, 2.75) is 19.0 Å². The van der Waals surface area contributed by atoms with Gasteiger partial charge < -0.3 is 14.4 Å². The predicted molar refractivity (Wildman–Crippen MR) is 104 cm³/mol. The van der Waals surface area contributed by atoms with E-state index >= 15 is 0 Å². The van der Waals surface area contributed by atoms with Crippen molar-refractivity contribution in [1.29, 1.82) is 0 Å². The number of esters is 1. The van der Waals surface area contributed by atoms with Gasteiger partial charge in [0.1, 0.15) is 6.04 Å². The van der Waals surface area contributed by atoms with Gasteiger partial charge in [-0.3, -0.25) is 4.90 Å². The third-order valence-corrected chi connectivity index (χ3v) is 5.77. The van der Waals surface area contributed by atoms with E-state index in [0.29, 0.717) is 35.2 Å². The van der Waals surface area contributed by atoms with Crippen LogP contribution in [0.5, 0.6) is 5.06 Å². The fourth-order valence-electron chi connectivity index (χ4n) is 3.00. The van der Waals surface area contributed by atoms with Gasteiger partial charge in [-0.1, -0.05) is 29.8 Å². The summed E-state index contributed by atoms with van der Waals surface area (Å²) in [7, 11) is 0.345. The average molecular weight is 412 g/mol. The SMILES string of the molecule is [2H]C([2H])([2H])OC(=O)[C@H](c1ccccc1Cl)N1CCc2sc(OC(=O)N(C)C)cc2C1. The summed E-state index contributed by atoms with van der Waals surface area (Å²) in [4.78, 5) is 28.8. The van der Waals surface area contributed by atoms with E-state index in [1.165, 1.54) is 16.2 Å². The van der Waals surface area contributed by atoms with Crippen LogP contribution in [0.4, 0.5) is 4.79 Å². The number of benzene rings is 1. The van der Waals surface area contributed by atoms with Crippen molar-refractivity contribution in [3.8, 4) is 5.06 Å². The molecule has 2 aromatic rings. The van der Waals surface area contributed by atoms with Gasteiger partial charge in [0.15, 0.2) is 5.06 Å². The minimum Gasteiger partial charge on any atom is -0.468 e. The highest BCUT2D eigenvalue weighted by Gasteiger charge is 2.33. The second-order valence-corrected chi connectivity index (χ2v) is 7.85. The molecule has 144 valence electrons. The fourth-order valence-corrected chi connectivity index (χ4v) is 4.25. The molecule has 0 saturated carbocycles. The van der Waals surface area contributed by atoms with Gasteiger partial charge in [0, 0.05) is 37.1 Å². The molecular weight excluding hydrogens is 388 g/mol. The van der Waals surface area contributed by atoms with Crippen molar-refractivity contribution in [3.63, 3.8) is 0 Å². The molecule has 0 aliphatic carbocycles. The van der Waals surface area contributed by atoms with E-state index < -0.39 is 25.1 Å². The molecule has 1 atom stereocenters. The van der Waals surface area contributed by atoms with Gasteiger partial charge in [0.05, 0.1) is 11.2 Å². The van der Waals surface area contributed by atoms with Gasteiger partial charge in [-0.2, -0.15) is 0 Å². The summed E-state index contributed by atoms with van der Waals surface area (Å²) in [5, 5.41) is 0.821. The van der Waals surface area contributed by atoms with E-state index in [0.717, 1.165) is 10.4 Å². The molecule has 1 amide bonds. The quantitative estimate of drug-likeness (QED) is 0.717. The molecule has 27 heavy (non-hydrogen) atoms. The lowest BCUT2D eigenvalue weighted by Gasteiger charge is -2.33. The first-order valence-electron chi connectivity index (χ1n) is 9.77. The number of carbonyl (C=O) groups excluding carboxylic acids is 2. The molecule has 2 heterocycles.